The summed E-state index contributed by atoms with van der Waals surface area (Å²) in [7, 11) is 0. The molecule has 0 aromatic carbocycles. The second-order valence-electron chi connectivity index (χ2n) is 5.51. The van der Waals surface area contributed by atoms with Crippen LogP contribution in [0.25, 0.3) is 0 Å². The van der Waals surface area contributed by atoms with Gasteiger partial charge in [0, 0.05) is 24.4 Å². The molecule has 3 nitrogen and oxygen atoms in total. The summed E-state index contributed by atoms with van der Waals surface area (Å²) in [5.74, 6) is 1.23. The number of aliphatic imine (C=N–C) groups is 1. The molecule has 2 aliphatic heterocycles. The lowest BCUT2D eigenvalue weighted by molar-refractivity contribution is 0.106. The van der Waals surface area contributed by atoms with Gasteiger partial charge in [-0.2, -0.15) is 0 Å². The van der Waals surface area contributed by atoms with E-state index in [4.69, 9.17) is 9.73 Å². The molecule has 1 atom stereocenters. The van der Waals surface area contributed by atoms with Gasteiger partial charge in [0.15, 0.2) is 5.17 Å². The molecule has 1 N–H and O–H groups in total. The zero-order valence-corrected chi connectivity index (χ0v) is 11.2. The van der Waals surface area contributed by atoms with Crippen LogP contribution in [-0.2, 0) is 4.74 Å². The Kier molecular flexibility index (Phi) is 3.61. The highest BCUT2D eigenvalue weighted by atomic mass is 32.2. The lowest BCUT2D eigenvalue weighted by Gasteiger charge is -2.21. The Bertz CT molecular complexity index is 294. The van der Waals surface area contributed by atoms with Crippen molar-refractivity contribution in [2.24, 2.45) is 4.99 Å². The van der Waals surface area contributed by atoms with Crippen LogP contribution in [0.4, 0.5) is 0 Å². The second-order valence-corrected chi connectivity index (χ2v) is 6.48. The summed E-state index contributed by atoms with van der Waals surface area (Å²) in [6.45, 7) is 1.88. The smallest absolute Gasteiger partial charge is 0.157 e. The van der Waals surface area contributed by atoms with Crippen LogP contribution < -0.4 is 5.32 Å². The van der Waals surface area contributed by atoms with Crippen molar-refractivity contribution in [3.8, 4) is 0 Å². The standard InChI is InChI=1S/C13H22N2OS/c1-2-7-13(6-1)10-17-12(15-13)14-8-5-11-4-3-9-16-11/h11H,1-10H2,(H,14,15). The molecule has 1 aliphatic carbocycles. The molecule has 0 aromatic heterocycles. The van der Waals surface area contributed by atoms with Crippen LogP contribution in [0.1, 0.15) is 44.9 Å². The first-order valence-electron chi connectivity index (χ1n) is 6.93. The molecule has 1 spiro atoms. The van der Waals surface area contributed by atoms with Crippen LogP contribution in [-0.4, -0.2) is 35.7 Å². The molecule has 2 saturated heterocycles. The maximum Gasteiger partial charge on any atom is 0.157 e. The van der Waals surface area contributed by atoms with Gasteiger partial charge in [0.25, 0.3) is 0 Å². The van der Waals surface area contributed by atoms with Crippen molar-refractivity contribution in [2.75, 3.05) is 18.9 Å². The van der Waals surface area contributed by atoms with Gasteiger partial charge in [-0.05, 0) is 32.1 Å². The number of thioether (sulfide) groups is 1. The van der Waals surface area contributed by atoms with Crippen molar-refractivity contribution in [3.05, 3.63) is 0 Å². The number of hydrogen-bond acceptors (Lipinski definition) is 3. The minimum Gasteiger partial charge on any atom is -0.378 e. The van der Waals surface area contributed by atoms with Crippen molar-refractivity contribution in [1.29, 1.82) is 0 Å². The molecule has 0 radical (unpaired) electrons. The Morgan fingerprint density at radius 2 is 2.24 bits per heavy atom. The third-order valence-corrected chi connectivity index (χ3v) is 5.35. The Labute approximate surface area is 108 Å². The molecule has 1 saturated carbocycles. The largest absolute Gasteiger partial charge is 0.378 e. The van der Waals surface area contributed by atoms with E-state index >= 15 is 0 Å². The van der Waals surface area contributed by atoms with Gasteiger partial charge < -0.3 is 10.1 Å². The first-order chi connectivity index (χ1) is 8.36. The maximum absolute atomic E-state index is 5.61. The third kappa shape index (κ3) is 2.79. The van der Waals surface area contributed by atoms with Crippen LogP contribution in [0.2, 0.25) is 0 Å². The van der Waals surface area contributed by atoms with E-state index in [9.17, 15) is 0 Å². The molecule has 0 aromatic rings. The Hall–Kier alpha value is -0.220. The Morgan fingerprint density at radius 3 is 3.00 bits per heavy atom. The predicted octanol–water partition coefficient (Wildman–Crippen LogP) is 2.56. The Morgan fingerprint density at radius 1 is 1.35 bits per heavy atom. The maximum atomic E-state index is 5.61. The summed E-state index contributed by atoms with van der Waals surface area (Å²) in [5.41, 5.74) is 0.410. The second kappa shape index (κ2) is 5.19. The highest BCUT2D eigenvalue weighted by Gasteiger charge is 2.39. The SMILES string of the molecule is C1COC(CCN=C2NC3(CCCC3)CS2)C1. The average molecular weight is 254 g/mol. The van der Waals surface area contributed by atoms with Crippen LogP contribution in [0, 0.1) is 0 Å². The molecule has 0 bridgehead atoms. The highest BCUT2D eigenvalue weighted by Crippen LogP contribution is 2.37. The first kappa shape index (κ1) is 11.8. The number of amidine groups is 1. The quantitative estimate of drug-likeness (QED) is 0.840. The Balaban J connectivity index is 1.45. The average Bonchev–Trinajstić information content (AvgIpc) is 3.04. The molecule has 3 aliphatic rings. The van der Waals surface area contributed by atoms with Crippen LogP contribution in [0.3, 0.4) is 0 Å². The first-order valence-corrected chi connectivity index (χ1v) is 7.92. The topological polar surface area (TPSA) is 33.6 Å². The van der Waals surface area contributed by atoms with Crippen molar-refractivity contribution >= 4 is 16.9 Å². The monoisotopic (exact) mass is 254 g/mol. The lowest BCUT2D eigenvalue weighted by atomic mass is 10.0. The van der Waals surface area contributed by atoms with E-state index in [1.807, 2.05) is 11.8 Å². The molecule has 2 heterocycles. The fourth-order valence-corrected chi connectivity index (χ4v) is 4.34. The minimum atomic E-state index is 0.410. The summed E-state index contributed by atoms with van der Waals surface area (Å²) in [4.78, 5) is 4.69. The number of rotatable bonds is 3. The zero-order valence-electron chi connectivity index (χ0n) is 10.4. The van der Waals surface area contributed by atoms with Crippen LogP contribution in [0.5, 0.6) is 0 Å². The molecule has 3 rings (SSSR count). The fourth-order valence-electron chi connectivity index (χ4n) is 3.09. The molecular formula is C13H22N2OS. The number of ether oxygens (including phenoxy) is 1. The van der Waals surface area contributed by atoms with E-state index in [-0.39, 0.29) is 0 Å². The van der Waals surface area contributed by atoms with E-state index < -0.39 is 0 Å². The highest BCUT2D eigenvalue weighted by molar-refractivity contribution is 8.14. The summed E-state index contributed by atoms with van der Waals surface area (Å²) >= 11 is 1.92. The van der Waals surface area contributed by atoms with E-state index in [1.165, 1.54) is 49.4 Å². The van der Waals surface area contributed by atoms with Crippen molar-refractivity contribution in [3.63, 3.8) is 0 Å². The molecule has 96 valence electrons. The van der Waals surface area contributed by atoms with E-state index in [0.717, 1.165) is 19.6 Å². The van der Waals surface area contributed by atoms with Gasteiger partial charge in [-0.3, -0.25) is 4.99 Å². The normalized spacial score (nSPS) is 33.6. The molecule has 1 unspecified atom stereocenters. The van der Waals surface area contributed by atoms with Gasteiger partial charge in [-0.15, -0.1) is 0 Å². The summed E-state index contributed by atoms with van der Waals surface area (Å²) < 4.78 is 5.61. The van der Waals surface area contributed by atoms with Crippen LogP contribution >= 0.6 is 11.8 Å². The van der Waals surface area contributed by atoms with Gasteiger partial charge in [0.05, 0.1) is 6.10 Å². The van der Waals surface area contributed by atoms with Gasteiger partial charge in [-0.1, -0.05) is 24.6 Å². The van der Waals surface area contributed by atoms with E-state index in [0.29, 0.717) is 11.6 Å². The summed E-state index contributed by atoms with van der Waals surface area (Å²) in [6, 6.07) is 0. The van der Waals surface area contributed by atoms with Crippen molar-refractivity contribution in [1.82, 2.24) is 5.32 Å². The van der Waals surface area contributed by atoms with Gasteiger partial charge in [-0.25, -0.2) is 0 Å². The molecule has 0 amide bonds. The molecule has 17 heavy (non-hydrogen) atoms. The van der Waals surface area contributed by atoms with E-state index in [1.54, 1.807) is 0 Å². The summed E-state index contributed by atoms with van der Waals surface area (Å²) in [5, 5.41) is 4.85. The fraction of sp³-hybridized carbons (Fsp3) is 0.923. The predicted molar refractivity (Wildman–Crippen MR) is 72.7 cm³/mol. The number of nitrogens with one attached hydrogen (secondary N) is 1. The molecule has 3 fully saturated rings. The lowest BCUT2D eigenvalue weighted by Crippen LogP contribution is -2.40. The van der Waals surface area contributed by atoms with Gasteiger partial charge >= 0.3 is 0 Å². The third-order valence-electron chi connectivity index (χ3n) is 4.15. The zero-order chi connectivity index (χ0) is 11.6. The van der Waals surface area contributed by atoms with Crippen molar-refractivity contribution in [2.45, 2.75) is 56.6 Å². The minimum absolute atomic E-state index is 0.410. The number of nitrogens with zero attached hydrogens (tertiary/aromatic N) is 1. The number of hydrogen-bond donors (Lipinski definition) is 1. The summed E-state index contributed by atoms with van der Waals surface area (Å²) in [6.07, 6.45) is 9.49. The van der Waals surface area contributed by atoms with Gasteiger partial charge in [0.2, 0.25) is 0 Å². The van der Waals surface area contributed by atoms with Crippen molar-refractivity contribution < 1.29 is 4.74 Å². The van der Waals surface area contributed by atoms with Crippen LogP contribution in [0.15, 0.2) is 4.99 Å². The van der Waals surface area contributed by atoms with Gasteiger partial charge in [0.1, 0.15) is 0 Å². The molecule has 4 heteroatoms. The molecular weight excluding hydrogens is 232 g/mol. The van der Waals surface area contributed by atoms with E-state index in [2.05, 4.69) is 5.32 Å².